The van der Waals surface area contributed by atoms with Crippen LogP contribution in [0.4, 0.5) is 10.1 Å². The highest BCUT2D eigenvalue weighted by atomic mass is 19.1. The first-order valence-corrected chi connectivity index (χ1v) is 5.63. The summed E-state index contributed by atoms with van der Waals surface area (Å²) in [7, 11) is 0. The Balaban J connectivity index is 2.50. The van der Waals surface area contributed by atoms with E-state index < -0.39 is 5.82 Å². The molecule has 2 aromatic heterocycles. The van der Waals surface area contributed by atoms with Crippen molar-refractivity contribution >= 4 is 5.69 Å². The number of halogens is 1. The standard InChI is InChI=1S/C13H14FN3O/c1-3-18-13-12(14)9(4-5-16-13)11-6-8(2)10(15)7-17-11/h4-7H,3,15H2,1-2H3. The lowest BCUT2D eigenvalue weighted by molar-refractivity contribution is 0.308. The Morgan fingerprint density at radius 1 is 1.39 bits per heavy atom. The normalized spacial score (nSPS) is 10.4. The van der Waals surface area contributed by atoms with E-state index >= 15 is 0 Å². The maximum atomic E-state index is 14.1. The molecule has 2 heterocycles. The Morgan fingerprint density at radius 2 is 2.17 bits per heavy atom. The number of hydrogen-bond acceptors (Lipinski definition) is 4. The molecule has 0 spiro atoms. The van der Waals surface area contributed by atoms with Crippen LogP contribution in [0.15, 0.2) is 24.5 Å². The molecule has 0 aliphatic carbocycles. The third kappa shape index (κ3) is 2.25. The fraction of sp³-hybridized carbons (Fsp3) is 0.231. The third-order valence-corrected chi connectivity index (χ3v) is 2.57. The van der Waals surface area contributed by atoms with Crippen molar-refractivity contribution in [3.63, 3.8) is 0 Å². The van der Waals surface area contributed by atoms with Gasteiger partial charge in [-0.1, -0.05) is 0 Å². The molecule has 5 heteroatoms. The van der Waals surface area contributed by atoms with Crippen molar-refractivity contribution in [2.45, 2.75) is 13.8 Å². The molecule has 18 heavy (non-hydrogen) atoms. The van der Waals surface area contributed by atoms with Crippen molar-refractivity contribution in [3.8, 4) is 17.1 Å². The van der Waals surface area contributed by atoms with Crippen LogP contribution in [-0.4, -0.2) is 16.6 Å². The van der Waals surface area contributed by atoms with Crippen molar-refractivity contribution in [2.75, 3.05) is 12.3 Å². The minimum Gasteiger partial charge on any atom is -0.476 e. The summed E-state index contributed by atoms with van der Waals surface area (Å²) < 4.78 is 19.2. The molecule has 0 fully saturated rings. The molecular weight excluding hydrogens is 233 g/mol. The van der Waals surface area contributed by atoms with Crippen LogP contribution in [0.5, 0.6) is 5.88 Å². The summed E-state index contributed by atoms with van der Waals surface area (Å²) in [5.74, 6) is -0.512. The van der Waals surface area contributed by atoms with Gasteiger partial charge in [-0.3, -0.25) is 4.98 Å². The Bertz CT molecular complexity index is 572. The predicted octanol–water partition coefficient (Wildman–Crippen LogP) is 2.57. The topological polar surface area (TPSA) is 61.0 Å². The van der Waals surface area contributed by atoms with E-state index in [1.165, 1.54) is 12.4 Å². The number of nitrogens with two attached hydrogens (primary N) is 1. The average Bonchev–Trinajstić information content (AvgIpc) is 2.36. The zero-order chi connectivity index (χ0) is 13.1. The molecular formula is C13H14FN3O. The van der Waals surface area contributed by atoms with Crippen LogP contribution in [-0.2, 0) is 0 Å². The average molecular weight is 247 g/mol. The molecule has 0 amide bonds. The molecule has 2 aromatic rings. The number of pyridine rings is 2. The molecule has 0 unspecified atom stereocenters. The number of aryl methyl sites for hydroxylation is 1. The number of anilines is 1. The van der Waals surface area contributed by atoms with Gasteiger partial charge in [-0.2, -0.15) is 0 Å². The summed E-state index contributed by atoms with van der Waals surface area (Å²) in [6, 6.07) is 3.30. The van der Waals surface area contributed by atoms with Gasteiger partial charge in [0.05, 0.1) is 24.2 Å². The lowest BCUT2D eigenvalue weighted by Crippen LogP contribution is -2.00. The van der Waals surface area contributed by atoms with Gasteiger partial charge in [0, 0.05) is 11.8 Å². The first-order valence-electron chi connectivity index (χ1n) is 5.63. The fourth-order valence-corrected chi connectivity index (χ4v) is 1.57. The SMILES string of the molecule is CCOc1nccc(-c2cc(C)c(N)cn2)c1F. The zero-order valence-electron chi connectivity index (χ0n) is 10.3. The van der Waals surface area contributed by atoms with Crippen molar-refractivity contribution in [2.24, 2.45) is 0 Å². The Kier molecular flexibility index (Phi) is 3.41. The second kappa shape index (κ2) is 5.00. The van der Waals surface area contributed by atoms with Gasteiger partial charge in [0.15, 0.2) is 5.82 Å². The molecule has 0 saturated heterocycles. The highest BCUT2D eigenvalue weighted by molar-refractivity contribution is 5.64. The van der Waals surface area contributed by atoms with E-state index in [4.69, 9.17) is 10.5 Å². The number of nitrogens with zero attached hydrogens (tertiary/aromatic N) is 2. The van der Waals surface area contributed by atoms with Crippen molar-refractivity contribution < 1.29 is 9.13 Å². The Hall–Kier alpha value is -2.17. The van der Waals surface area contributed by atoms with Gasteiger partial charge in [-0.15, -0.1) is 0 Å². The van der Waals surface area contributed by atoms with E-state index in [1.54, 1.807) is 19.1 Å². The van der Waals surface area contributed by atoms with Crippen molar-refractivity contribution in [1.82, 2.24) is 9.97 Å². The van der Waals surface area contributed by atoms with Gasteiger partial charge in [0.2, 0.25) is 0 Å². The summed E-state index contributed by atoms with van der Waals surface area (Å²) in [6.45, 7) is 3.99. The predicted molar refractivity (Wildman–Crippen MR) is 67.7 cm³/mol. The van der Waals surface area contributed by atoms with E-state index in [0.29, 0.717) is 23.6 Å². The molecule has 94 valence electrons. The maximum Gasteiger partial charge on any atom is 0.251 e. The zero-order valence-corrected chi connectivity index (χ0v) is 10.3. The van der Waals surface area contributed by atoms with Gasteiger partial charge < -0.3 is 10.5 Å². The van der Waals surface area contributed by atoms with Gasteiger partial charge in [0.25, 0.3) is 5.88 Å². The summed E-state index contributed by atoms with van der Waals surface area (Å²) in [4.78, 5) is 7.97. The van der Waals surface area contributed by atoms with E-state index in [0.717, 1.165) is 5.56 Å². The summed E-state index contributed by atoms with van der Waals surface area (Å²) in [6.07, 6.45) is 3.02. The second-order valence-corrected chi connectivity index (χ2v) is 3.84. The molecule has 0 saturated carbocycles. The lowest BCUT2D eigenvalue weighted by atomic mass is 10.1. The molecule has 0 bridgehead atoms. The van der Waals surface area contributed by atoms with Gasteiger partial charge >= 0.3 is 0 Å². The van der Waals surface area contributed by atoms with Crippen LogP contribution in [0.25, 0.3) is 11.3 Å². The smallest absolute Gasteiger partial charge is 0.251 e. The van der Waals surface area contributed by atoms with Gasteiger partial charge in [-0.05, 0) is 31.5 Å². The van der Waals surface area contributed by atoms with Crippen LogP contribution in [0.1, 0.15) is 12.5 Å². The van der Waals surface area contributed by atoms with Crippen molar-refractivity contribution in [3.05, 3.63) is 35.9 Å². The molecule has 0 aliphatic rings. The monoisotopic (exact) mass is 247 g/mol. The van der Waals surface area contributed by atoms with E-state index in [-0.39, 0.29) is 5.88 Å². The third-order valence-electron chi connectivity index (χ3n) is 2.57. The highest BCUT2D eigenvalue weighted by Gasteiger charge is 2.13. The first kappa shape index (κ1) is 12.3. The number of aromatic nitrogens is 2. The molecule has 0 aromatic carbocycles. The highest BCUT2D eigenvalue weighted by Crippen LogP contribution is 2.27. The molecule has 0 atom stereocenters. The largest absolute Gasteiger partial charge is 0.476 e. The maximum absolute atomic E-state index is 14.1. The number of hydrogen-bond donors (Lipinski definition) is 1. The van der Waals surface area contributed by atoms with Crippen LogP contribution in [0, 0.1) is 12.7 Å². The molecule has 2 rings (SSSR count). The fourth-order valence-electron chi connectivity index (χ4n) is 1.57. The second-order valence-electron chi connectivity index (χ2n) is 3.84. The molecule has 0 radical (unpaired) electrons. The summed E-state index contributed by atoms with van der Waals surface area (Å²) in [5, 5.41) is 0. The summed E-state index contributed by atoms with van der Waals surface area (Å²) in [5.41, 5.74) is 8.00. The quantitative estimate of drug-likeness (QED) is 0.905. The Labute approximate surface area is 105 Å². The van der Waals surface area contributed by atoms with Crippen LogP contribution < -0.4 is 10.5 Å². The van der Waals surface area contributed by atoms with Crippen molar-refractivity contribution in [1.29, 1.82) is 0 Å². The number of nitrogen functional groups attached to an aromatic ring is 1. The Morgan fingerprint density at radius 3 is 2.83 bits per heavy atom. The van der Waals surface area contributed by atoms with Crippen LogP contribution in [0.3, 0.4) is 0 Å². The summed E-state index contributed by atoms with van der Waals surface area (Å²) >= 11 is 0. The minimum atomic E-state index is -0.504. The van der Waals surface area contributed by atoms with E-state index in [1.807, 2.05) is 6.92 Å². The minimum absolute atomic E-state index is 0.00808. The number of ether oxygens (including phenoxy) is 1. The van der Waals surface area contributed by atoms with Gasteiger partial charge in [-0.25, -0.2) is 9.37 Å². The van der Waals surface area contributed by atoms with E-state index in [2.05, 4.69) is 9.97 Å². The molecule has 0 aliphatic heterocycles. The number of rotatable bonds is 3. The van der Waals surface area contributed by atoms with Gasteiger partial charge in [0.1, 0.15) is 0 Å². The van der Waals surface area contributed by atoms with Crippen LogP contribution >= 0.6 is 0 Å². The van der Waals surface area contributed by atoms with E-state index in [9.17, 15) is 4.39 Å². The first-order chi connectivity index (χ1) is 8.63. The molecule has 4 nitrogen and oxygen atoms in total. The molecule has 2 N–H and O–H groups in total. The lowest BCUT2D eigenvalue weighted by Gasteiger charge is -2.08. The van der Waals surface area contributed by atoms with Crippen LogP contribution in [0.2, 0.25) is 0 Å².